The van der Waals surface area contributed by atoms with Crippen molar-refractivity contribution in [1.82, 2.24) is 14.9 Å². The average Bonchev–Trinajstić information content (AvgIpc) is 3.18. The number of ether oxygens (including phenoxy) is 2. The molecule has 1 aromatic heterocycles. The molecule has 3 aromatic carbocycles. The van der Waals surface area contributed by atoms with Crippen molar-refractivity contribution in [3.63, 3.8) is 0 Å². The molecule has 0 spiro atoms. The molecule has 0 radical (unpaired) electrons. The summed E-state index contributed by atoms with van der Waals surface area (Å²) in [7, 11) is 0. The summed E-state index contributed by atoms with van der Waals surface area (Å²) < 4.78 is 13.6. The van der Waals surface area contributed by atoms with Gasteiger partial charge in [0.15, 0.2) is 6.29 Å². The molecule has 1 amide bonds. The third kappa shape index (κ3) is 11.7. The maximum Gasteiger partial charge on any atom is 0.275 e. The second kappa shape index (κ2) is 21.1. The van der Waals surface area contributed by atoms with Gasteiger partial charge in [0.2, 0.25) is 0 Å². The van der Waals surface area contributed by atoms with Gasteiger partial charge in [-0.15, -0.1) is 0 Å². The summed E-state index contributed by atoms with van der Waals surface area (Å²) >= 11 is 0. The van der Waals surface area contributed by atoms with Crippen molar-refractivity contribution in [2.24, 2.45) is 5.92 Å². The van der Waals surface area contributed by atoms with Gasteiger partial charge in [-0.25, -0.2) is 4.98 Å². The first-order chi connectivity index (χ1) is 25.5. The van der Waals surface area contributed by atoms with E-state index in [1.165, 1.54) is 83.2 Å². The van der Waals surface area contributed by atoms with E-state index in [0.29, 0.717) is 11.2 Å². The number of anilines is 1. The molecular weight excluding hydrogens is 649 g/mol. The lowest BCUT2D eigenvalue weighted by molar-refractivity contribution is -0.276. The number of aliphatic hydroxyl groups is 1. The first-order valence-corrected chi connectivity index (χ1v) is 19.8. The SMILES string of the molecule is CCCCCCCCN(CCCCCCCC)C[C@@H]1O[C@H](c2ccc(NC(=O)c3cnc4ccccc4n3)cc2)O[C@H](c2ccc(CO)cc2)[C@@H]1C. The number of aromatic nitrogens is 2. The topological polar surface area (TPSA) is 96.8 Å². The Balaban J connectivity index is 1.29. The molecule has 0 bridgehead atoms. The number of nitrogens with zero attached hydrogens (tertiary/aromatic N) is 3. The minimum absolute atomic E-state index is 0.0118. The minimum atomic E-state index is -0.565. The predicted molar refractivity (Wildman–Crippen MR) is 210 cm³/mol. The van der Waals surface area contributed by atoms with Crippen molar-refractivity contribution in [2.45, 2.75) is 123 Å². The van der Waals surface area contributed by atoms with Gasteiger partial charge in [-0.05, 0) is 61.3 Å². The number of aliphatic hydroxyl groups excluding tert-OH is 1. The van der Waals surface area contributed by atoms with E-state index in [-0.39, 0.29) is 36.3 Å². The van der Waals surface area contributed by atoms with Crippen LogP contribution < -0.4 is 5.32 Å². The summed E-state index contributed by atoms with van der Waals surface area (Å²) in [6.07, 6.45) is 16.2. The van der Waals surface area contributed by atoms with Crippen LogP contribution >= 0.6 is 0 Å². The molecule has 2 N–H and O–H groups in total. The van der Waals surface area contributed by atoms with Crippen LogP contribution in [0.5, 0.6) is 0 Å². The molecule has 0 aliphatic carbocycles. The first-order valence-electron chi connectivity index (χ1n) is 19.8. The Morgan fingerprint density at radius 2 is 1.35 bits per heavy atom. The van der Waals surface area contributed by atoms with E-state index in [0.717, 1.165) is 41.8 Å². The van der Waals surface area contributed by atoms with Gasteiger partial charge >= 0.3 is 0 Å². The molecule has 4 aromatic rings. The molecule has 8 heteroatoms. The van der Waals surface area contributed by atoms with Crippen molar-refractivity contribution in [3.8, 4) is 0 Å². The number of carbonyl (C=O) groups excluding carboxylic acids is 1. The molecule has 1 saturated heterocycles. The predicted octanol–water partition coefficient (Wildman–Crippen LogP) is 10.2. The lowest BCUT2D eigenvalue weighted by atomic mass is 9.90. The van der Waals surface area contributed by atoms with Gasteiger partial charge in [-0.2, -0.15) is 0 Å². The van der Waals surface area contributed by atoms with Gasteiger partial charge in [0, 0.05) is 23.7 Å². The number of nitrogens with one attached hydrogen (secondary N) is 1. The fraction of sp³-hybridized carbons (Fsp3) is 0.523. The van der Waals surface area contributed by atoms with E-state index in [2.05, 4.69) is 53.1 Å². The molecule has 1 fully saturated rings. The highest BCUT2D eigenvalue weighted by atomic mass is 16.7. The van der Waals surface area contributed by atoms with Crippen LogP contribution in [-0.2, 0) is 16.1 Å². The summed E-state index contributed by atoms with van der Waals surface area (Å²) in [4.78, 5) is 24.6. The van der Waals surface area contributed by atoms with Crippen molar-refractivity contribution < 1.29 is 19.4 Å². The van der Waals surface area contributed by atoms with Crippen LogP contribution in [0.3, 0.4) is 0 Å². The van der Waals surface area contributed by atoms with Crippen LogP contribution in [0.2, 0.25) is 0 Å². The van der Waals surface area contributed by atoms with E-state index in [9.17, 15) is 9.90 Å². The molecule has 8 nitrogen and oxygen atoms in total. The third-order valence-corrected chi connectivity index (χ3v) is 10.3. The highest BCUT2D eigenvalue weighted by Crippen LogP contribution is 2.42. The maximum atomic E-state index is 13.1. The largest absolute Gasteiger partial charge is 0.392 e. The first kappa shape index (κ1) is 39.5. The van der Waals surface area contributed by atoms with Crippen LogP contribution in [0.4, 0.5) is 5.69 Å². The number of fused-ring (bicyclic) bond motifs is 1. The number of hydrogen-bond acceptors (Lipinski definition) is 7. The summed E-state index contributed by atoms with van der Waals surface area (Å²) in [5.41, 5.74) is 5.22. The number of benzene rings is 3. The van der Waals surface area contributed by atoms with Crippen molar-refractivity contribution in [1.29, 1.82) is 0 Å². The fourth-order valence-corrected chi connectivity index (χ4v) is 7.09. The minimum Gasteiger partial charge on any atom is -0.392 e. The van der Waals surface area contributed by atoms with Gasteiger partial charge in [0.25, 0.3) is 5.91 Å². The fourth-order valence-electron chi connectivity index (χ4n) is 7.09. The standard InChI is InChI=1S/C44H60N4O4/c1-4-6-8-10-12-16-28-48(29-17-13-11-9-7-5-2)31-41-33(3)42(35-22-20-34(32-49)21-23-35)52-44(51-41)36-24-26-37(27-25-36)46-43(50)40-30-45-38-18-14-15-19-39(38)47-40/h14-15,18-27,30,33,41-42,44,49H,4-13,16-17,28-29,31-32H2,1-3H3,(H,46,50)/t33-,41+,42+,44+/m1/s1. The summed E-state index contributed by atoms with van der Waals surface area (Å²) in [6.45, 7) is 9.83. The molecule has 4 atom stereocenters. The number of amides is 1. The quantitative estimate of drug-likeness (QED) is 0.0832. The zero-order valence-corrected chi connectivity index (χ0v) is 31.6. The molecular formula is C44H60N4O4. The summed E-state index contributed by atoms with van der Waals surface area (Å²) in [6, 6.07) is 23.3. The van der Waals surface area contributed by atoms with E-state index >= 15 is 0 Å². The third-order valence-electron chi connectivity index (χ3n) is 10.3. The number of hydrogen-bond donors (Lipinski definition) is 2. The lowest BCUT2D eigenvalue weighted by Gasteiger charge is -2.43. The van der Waals surface area contributed by atoms with Crippen LogP contribution in [-0.4, -0.2) is 51.6 Å². The number of carbonyl (C=O) groups is 1. The van der Waals surface area contributed by atoms with Crippen molar-refractivity contribution in [2.75, 3.05) is 25.0 Å². The van der Waals surface area contributed by atoms with Gasteiger partial charge in [-0.1, -0.05) is 134 Å². The lowest BCUT2D eigenvalue weighted by Crippen LogP contribution is -2.45. The van der Waals surface area contributed by atoms with E-state index in [1.54, 1.807) is 0 Å². The van der Waals surface area contributed by atoms with E-state index in [4.69, 9.17) is 9.47 Å². The number of para-hydroxylation sites is 2. The normalized spacial score (nSPS) is 18.9. The monoisotopic (exact) mass is 708 g/mol. The highest BCUT2D eigenvalue weighted by molar-refractivity contribution is 6.03. The van der Waals surface area contributed by atoms with Crippen LogP contribution in [0.15, 0.2) is 79.0 Å². The Kier molecular flexibility index (Phi) is 16.1. The zero-order chi connectivity index (χ0) is 36.5. The molecule has 280 valence electrons. The molecule has 0 unspecified atom stereocenters. The van der Waals surface area contributed by atoms with Gasteiger partial charge in [-0.3, -0.25) is 9.78 Å². The highest BCUT2D eigenvalue weighted by Gasteiger charge is 2.39. The van der Waals surface area contributed by atoms with Crippen molar-refractivity contribution in [3.05, 3.63) is 101 Å². The molecule has 52 heavy (non-hydrogen) atoms. The Labute approximate surface area is 311 Å². The summed E-state index contributed by atoms with van der Waals surface area (Å²) in [5.74, 6) is -0.193. The second-order valence-corrected chi connectivity index (χ2v) is 14.5. The Hall–Kier alpha value is -3.69. The molecule has 1 aliphatic rings. The average molecular weight is 709 g/mol. The maximum absolute atomic E-state index is 13.1. The van der Waals surface area contributed by atoms with Crippen LogP contribution in [0.1, 0.15) is 137 Å². The van der Waals surface area contributed by atoms with Gasteiger partial charge < -0.3 is 24.8 Å². The summed E-state index contributed by atoms with van der Waals surface area (Å²) in [5, 5.41) is 12.6. The van der Waals surface area contributed by atoms with E-state index in [1.807, 2.05) is 60.7 Å². The van der Waals surface area contributed by atoms with Crippen molar-refractivity contribution >= 4 is 22.6 Å². The number of rotatable bonds is 21. The Bertz CT molecular complexity index is 1610. The van der Waals surface area contributed by atoms with Gasteiger partial charge in [0.1, 0.15) is 5.69 Å². The molecule has 5 rings (SSSR count). The number of unbranched alkanes of at least 4 members (excludes halogenated alkanes) is 10. The van der Waals surface area contributed by atoms with E-state index < -0.39 is 6.29 Å². The van der Waals surface area contributed by atoms with Gasteiger partial charge in [0.05, 0.1) is 36.0 Å². The zero-order valence-electron chi connectivity index (χ0n) is 31.6. The Morgan fingerprint density at radius 1 is 0.750 bits per heavy atom. The van der Waals surface area contributed by atoms with Crippen LogP contribution in [0.25, 0.3) is 11.0 Å². The second-order valence-electron chi connectivity index (χ2n) is 14.5. The van der Waals surface area contributed by atoms with Crippen LogP contribution in [0, 0.1) is 5.92 Å². The molecule has 2 heterocycles. The molecule has 1 aliphatic heterocycles. The smallest absolute Gasteiger partial charge is 0.275 e. The molecule has 0 saturated carbocycles. The Morgan fingerprint density at radius 3 is 1.98 bits per heavy atom.